The molecule has 0 spiro atoms. The molecule has 7 rings (SSSR count). The molecular weight excluding hydrogens is 731 g/mol. The Morgan fingerprint density at radius 2 is 1.49 bits per heavy atom. The Kier molecular flexibility index (Phi) is 7.63. The molecule has 0 aliphatic heterocycles. The van der Waals surface area contributed by atoms with Crippen LogP contribution in [-0.2, 0) is 20.1 Å². The van der Waals surface area contributed by atoms with Gasteiger partial charge in [0.25, 0.3) is 0 Å². The fourth-order valence-corrected chi connectivity index (χ4v) is 5.42. The third-order valence-electron chi connectivity index (χ3n) is 7.62. The van der Waals surface area contributed by atoms with Crippen LogP contribution in [0.4, 0.5) is 0 Å². The van der Waals surface area contributed by atoms with Crippen LogP contribution in [0.25, 0.3) is 50.3 Å². The molecule has 45 heavy (non-hydrogen) atoms. The van der Waals surface area contributed by atoms with E-state index in [1.165, 1.54) is 41.2 Å². The van der Waals surface area contributed by atoms with Gasteiger partial charge in [0.2, 0.25) is 0 Å². The number of fused-ring (bicyclic) bond motifs is 2. The van der Waals surface area contributed by atoms with Crippen molar-refractivity contribution in [1.29, 1.82) is 0 Å². The molecule has 0 aliphatic rings. The Hall–Kier alpha value is -4.31. The molecule has 3 heterocycles. The first-order chi connectivity index (χ1) is 23.7. The van der Waals surface area contributed by atoms with Gasteiger partial charge in [-0.25, -0.2) is 0 Å². The van der Waals surface area contributed by atoms with E-state index in [0.29, 0.717) is 23.1 Å². The van der Waals surface area contributed by atoms with Crippen LogP contribution in [0.15, 0.2) is 108 Å². The van der Waals surface area contributed by atoms with E-state index < -0.39 is 13.7 Å². The molecule has 5 heteroatoms. The van der Waals surface area contributed by atoms with Crippen molar-refractivity contribution in [3.8, 4) is 28.3 Å². The molecular formula is C40H37IrN3O-2. The number of hydrogen-bond donors (Lipinski definition) is 0. The van der Waals surface area contributed by atoms with Gasteiger partial charge in [0.1, 0.15) is 0 Å². The van der Waals surface area contributed by atoms with Crippen LogP contribution in [0.2, 0.25) is 0 Å². The number of benzene rings is 4. The third kappa shape index (κ3) is 6.56. The van der Waals surface area contributed by atoms with E-state index >= 15 is 0 Å². The van der Waals surface area contributed by atoms with E-state index in [1.807, 2.05) is 24.3 Å². The molecule has 0 fully saturated rings. The third-order valence-corrected chi connectivity index (χ3v) is 7.62. The van der Waals surface area contributed by atoms with Gasteiger partial charge in [-0.2, -0.15) is 0 Å². The number of rotatable bonds is 5. The van der Waals surface area contributed by atoms with Gasteiger partial charge in [0.15, 0.2) is 0 Å². The van der Waals surface area contributed by atoms with Crippen molar-refractivity contribution in [2.75, 3.05) is 0 Å². The van der Waals surface area contributed by atoms with Gasteiger partial charge in [-0.15, -0.1) is 41.5 Å². The second-order valence-corrected chi connectivity index (χ2v) is 11.4. The van der Waals surface area contributed by atoms with E-state index in [4.69, 9.17) is 17.6 Å². The van der Waals surface area contributed by atoms with Crippen molar-refractivity contribution >= 4 is 22.0 Å². The average molecular weight is 774 g/mol. The fraction of sp³-hybridized carbons (Fsp3) is 0.200. The first kappa shape index (κ1) is 24.9. The number of nitrogens with zero attached hydrogens (tertiary/aromatic N) is 3. The van der Waals surface area contributed by atoms with Crippen LogP contribution in [-0.4, -0.2) is 14.5 Å². The second-order valence-electron chi connectivity index (χ2n) is 11.4. The maximum absolute atomic E-state index is 7.28. The largest absolute Gasteiger partial charge is 0.557 e. The number of aromatic nitrogens is 3. The molecule has 0 saturated carbocycles. The van der Waals surface area contributed by atoms with Crippen LogP contribution in [0.5, 0.6) is 0 Å². The smallest absolute Gasteiger partial charge is 0.0774 e. The second kappa shape index (κ2) is 13.8. The predicted octanol–water partition coefficient (Wildman–Crippen LogP) is 10.6. The van der Waals surface area contributed by atoms with Crippen LogP contribution in [0, 0.1) is 26.0 Å². The fourth-order valence-electron chi connectivity index (χ4n) is 5.42. The van der Waals surface area contributed by atoms with Gasteiger partial charge in [0, 0.05) is 52.1 Å². The summed E-state index contributed by atoms with van der Waals surface area (Å²) in [6.07, 6.45) is 4.44. The van der Waals surface area contributed by atoms with E-state index in [-0.39, 0.29) is 31.2 Å². The summed E-state index contributed by atoms with van der Waals surface area (Å²) in [4.78, 5) is 9.13. The summed E-state index contributed by atoms with van der Waals surface area (Å²) in [7, 11) is 0. The Morgan fingerprint density at radius 3 is 2.16 bits per heavy atom. The summed E-state index contributed by atoms with van der Waals surface area (Å²) in [5.41, 5.74) is 9.20. The molecule has 0 atom stereocenters. The minimum atomic E-state index is -2.18. The Balaban J connectivity index is 0.000000211. The Morgan fingerprint density at radius 1 is 0.778 bits per heavy atom. The number of aryl methyl sites for hydroxylation is 2. The summed E-state index contributed by atoms with van der Waals surface area (Å²) in [6, 6.07) is 33.5. The van der Waals surface area contributed by atoms with Crippen LogP contribution < -0.4 is 0 Å². The summed E-state index contributed by atoms with van der Waals surface area (Å²) >= 11 is 0. The van der Waals surface area contributed by atoms with Gasteiger partial charge in [-0.1, -0.05) is 106 Å². The first-order valence-corrected chi connectivity index (χ1v) is 14.7. The summed E-state index contributed by atoms with van der Waals surface area (Å²) in [5, 5.41) is 1.03. The van der Waals surface area contributed by atoms with Gasteiger partial charge >= 0.3 is 0 Å². The number of imidazole rings is 1. The Labute approximate surface area is 288 Å². The van der Waals surface area contributed by atoms with Crippen molar-refractivity contribution in [1.82, 2.24) is 14.5 Å². The van der Waals surface area contributed by atoms with Gasteiger partial charge in [0.05, 0.1) is 16.9 Å². The minimum absolute atomic E-state index is 0. The van der Waals surface area contributed by atoms with Crippen LogP contribution in [0.3, 0.4) is 0 Å². The normalized spacial score (nSPS) is 13.6. The maximum atomic E-state index is 7.28. The number of furan rings is 1. The first-order valence-electron chi connectivity index (χ1n) is 17.7. The summed E-state index contributed by atoms with van der Waals surface area (Å²) < 4.78 is 51.7. The molecule has 229 valence electrons. The molecule has 0 N–H and O–H groups in total. The van der Waals surface area contributed by atoms with Crippen LogP contribution in [0.1, 0.15) is 70.0 Å². The quantitative estimate of drug-likeness (QED) is 0.164. The summed E-state index contributed by atoms with van der Waals surface area (Å²) in [6.45, 7) is 4.67. The molecule has 1 radical (unpaired) electrons. The molecule has 7 aromatic rings. The van der Waals surface area contributed by atoms with Crippen LogP contribution >= 0.6 is 0 Å². The van der Waals surface area contributed by atoms with Crippen molar-refractivity contribution in [3.63, 3.8) is 0 Å². The number of para-hydroxylation sites is 4. The molecule has 4 aromatic carbocycles. The maximum Gasteiger partial charge on any atom is 0.0774 e. The van der Waals surface area contributed by atoms with E-state index in [2.05, 4.69) is 92.0 Å². The molecule has 0 bridgehead atoms. The Bertz CT molecular complexity index is 2170. The monoisotopic (exact) mass is 774 g/mol. The van der Waals surface area contributed by atoms with Gasteiger partial charge < -0.3 is 14.0 Å². The van der Waals surface area contributed by atoms with Crippen molar-refractivity contribution in [2.45, 2.75) is 53.2 Å². The standard InChI is InChI=1S/C27H25N2O.C13H12N.Ir/c1-17(2)19-11-9-12-20(18(3)4)26(19)29-24-14-7-6-13-23(24)28-27(29)22-16-30-25-15-8-5-10-21(22)25;1-10-3-6-12(7-4-10)13-8-5-11(2)9-14-13;/h5-15,17-18H,1-4H3;3-6,8-9H,1-2H3;/q2*-1;/i;1D3,2D3;. The molecule has 3 aromatic heterocycles. The van der Waals surface area contributed by atoms with Gasteiger partial charge in [-0.3, -0.25) is 4.98 Å². The van der Waals surface area contributed by atoms with Crippen molar-refractivity contribution in [3.05, 3.63) is 138 Å². The van der Waals surface area contributed by atoms with E-state index in [9.17, 15) is 0 Å². The minimum Gasteiger partial charge on any atom is -0.557 e. The SMILES string of the molecule is CC(C)c1cccc(C(C)C)c1-n1c(-c2[c-]oc3ccccc23)nc2ccccc21.[2H]C([2H])([2H])c1c[c-]c(-c2ccc(C([2H])([2H])[2H])cn2)cc1.[Ir]. The summed E-state index contributed by atoms with van der Waals surface area (Å²) in [5.74, 6) is 1.65. The topological polar surface area (TPSA) is 43.9 Å². The van der Waals surface area contributed by atoms with E-state index in [0.717, 1.165) is 33.4 Å². The molecule has 0 saturated heterocycles. The number of hydrogen-bond acceptors (Lipinski definition) is 3. The molecule has 0 unspecified atom stereocenters. The van der Waals surface area contributed by atoms with Crippen molar-refractivity contribution < 1.29 is 32.7 Å². The van der Waals surface area contributed by atoms with Gasteiger partial charge in [-0.05, 0) is 53.2 Å². The predicted molar refractivity (Wildman–Crippen MR) is 181 cm³/mol. The average Bonchev–Trinajstić information content (AvgIpc) is 3.69. The zero-order valence-corrected chi connectivity index (χ0v) is 27.9. The molecule has 0 amide bonds. The number of pyridine rings is 1. The zero-order chi connectivity index (χ0) is 35.8. The van der Waals surface area contributed by atoms with E-state index in [1.54, 1.807) is 12.1 Å². The zero-order valence-electron chi connectivity index (χ0n) is 31.6. The molecule has 0 aliphatic carbocycles. The molecule has 4 nitrogen and oxygen atoms in total. The van der Waals surface area contributed by atoms with Crippen molar-refractivity contribution in [2.24, 2.45) is 0 Å².